The van der Waals surface area contributed by atoms with E-state index in [1.807, 2.05) is 47.2 Å². The van der Waals surface area contributed by atoms with Crippen molar-refractivity contribution in [3.05, 3.63) is 48.8 Å². The molecule has 3 aromatic rings. The molecule has 0 bridgehead atoms. The van der Waals surface area contributed by atoms with Crippen molar-refractivity contribution < 1.29 is 0 Å². The average Bonchev–Trinajstić information content (AvgIpc) is 3.01. The molecule has 3 N–H and O–H groups in total. The molecule has 0 radical (unpaired) electrons. The predicted octanol–water partition coefficient (Wildman–Crippen LogP) is 3.08. The van der Waals surface area contributed by atoms with Gasteiger partial charge in [0.05, 0.1) is 17.4 Å². The SMILES string of the molecule is N[C@H]1CC[C@H](Nc2cccc(-c3cnn4ccccc34)n2)CC1. The Kier molecular flexibility index (Phi) is 3.71. The van der Waals surface area contributed by atoms with Gasteiger partial charge in [-0.1, -0.05) is 12.1 Å². The number of nitrogens with zero attached hydrogens (tertiary/aromatic N) is 3. The van der Waals surface area contributed by atoms with E-state index >= 15 is 0 Å². The van der Waals surface area contributed by atoms with E-state index in [2.05, 4.69) is 16.5 Å². The first-order chi connectivity index (χ1) is 11.3. The molecule has 5 heteroatoms. The first-order valence-corrected chi connectivity index (χ1v) is 8.21. The number of aromatic nitrogens is 3. The quantitative estimate of drug-likeness (QED) is 0.780. The van der Waals surface area contributed by atoms with E-state index in [1.165, 1.54) is 0 Å². The van der Waals surface area contributed by atoms with Gasteiger partial charge in [-0.05, 0) is 49.9 Å². The van der Waals surface area contributed by atoms with Crippen molar-refractivity contribution in [3.63, 3.8) is 0 Å². The van der Waals surface area contributed by atoms with Crippen molar-refractivity contribution in [2.24, 2.45) is 5.73 Å². The lowest BCUT2D eigenvalue weighted by atomic mass is 9.92. The first kappa shape index (κ1) is 14.2. The van der Waals surface area contributed by atoms with Gasteiger partial charge in [-0.15, -0.1) is 0 Å². The Bertz CT molecular complexity index is 802. The Balaban J connectivity index is 1.59. The molecule has 0 saturated heterocycles. The van der Waals surface area contributed by atoms with Gasteiger partial charge in [0.1, 0.15) is 5.82 Å². The highest BCUT2D eigenvalue weighted by molar-refractivity contribution is 5.78. The summed E-state index contributed by atoms with van der Waals surface area (Å²) in [4.78, 5) is 4.78. The molecular weight excluding hydrogens is 286 g/mol. The maximum Gasteiger partial charge on any atom is 0.126 e. The minimum Gasteiger partial charge on any atom is -0.367 e. The summed E-state index contributed by atoms with van der Waals surface area (Å²) in [5.74, 6) is 0.929. The predicted molar refractivity (Wildman–Crippen MR) is 92.3 cm³/mol. The van der Waals surface area contributed by atoms with Crippen molar-refractivity contribution in [1.82, 2.24) is 14.6 Å². The molecule has 0 unspecified atom stereocenters. The van der Waals surface area contributed by atoms with Crippen LogP contribution in [0.4, 0.5) is 5.82 Å². The van der Waals surface area contributed by atoms with E-state index in [-0.39, 0.29) is 0 Å². The fourth-order valence-corrected chi connectivity index (χ4v) is 3.27. The second-order valence-corrected chi connectivity index (χ2v) is 6.25. The molecule has 1 aliphatic rings. The van der Waals surface area contributed by atoms with Gasteiger partial charge in [0.25, 0.3) is 0 Å². The van der Waals surface area contributed by atoms with Crippen molar-refractivity contribution >= 4 is 11.3 Å². The molecule has 1 saturated carbocycles. The van der Waals surface area contributed by atoms with E-state index < -0.39 is 0 Å². The fourth-order valence-electron chi connectivity index (χ4n) is 3.27. The zero-order chi connectivity index (χ0) is 15.6. The number of fused-ring (bicyclic) bond motifs is 1. The zero-order valence-corrected chi connectivity index (χ0v) is 13.0. The van der Waals surface area contributed by atoms with E-state index in [4.69, 9.17) is 10.7 Å². The zero-order valence-electron chi connectivity index (χ0n) is 13.0. The van der Waals surface area contributed by atoms with E-state index in [0.29, 0.717) is 12.1 Å². The maximum atomic E-state index is 5.98. The summed E-state index contributed by atoms with van der Waals surface area (Å²) in [6.45, 7) is 0. The standard InChI is InChI=1S/C18H21N5/c19-13-7-9-14(10-8-13)21-18-6-3-4-16(22-18)15-12-20-23-11-2-1-5-17(15)23/h1-6,11-14H,7-10,19H2,(H,21,22)/t13-,14-. The summed E-state index contributed by atoms with van der Waals surface area (Å²) >= 11 is 0. The van der Waals surface area contributed by atoms with Crippen LogP contribution in [0.15, 0.2) is 48.8 Å². The summed E-state index contributed by atoms with van der Waals surface area (Å²) in [6, 6.07) is 13.0. The number of rotatable bonds is 3. The van der Waals surface area contributed by atoms with Crippen molar-refractivity contribution in [3.8, 4) is 11.3 Å². The lowest BCUT2D eigenvalue weighted by Crippen LogP contribution is -2.33. The van der Waals surface area contributed by atoms with Crippen LogP contribution in [0.5, 0.6) is 0 Å². The van der Waals surface area contributed by atoms with E-state index in [9.17, 15) is 0 Å². The monoisotopic (exact) mass is 307 g/mol. The van der Waals surface area contributed by atoms with Gasteiger partial charge < -0.3 is 11.1 Å². The number of hydrogen-bond acceptors (Lipinski definition) is 4. The normalized spacial score (nSPS) is 21.4. The Morgan fingerprint density at radius 2 is 1.91 bits per heavy atom. The van der Waals surface area contributed by atoms with Crippen molar-refractivity contribution in [1.29, 1.82) is 0 Å². The molecule has 4 rings (SSSR count). The number of hydrogen-bond donors (Lipinski definition) is 2. The van der Waals surface area contributed by atoms with Crippen LogP contribution < -0.4 is 11.1 Å². The summed E-state index contributed by atoms with van der Waals surface area (Å²) in [5, 5.41) is 7.95. The summed E-state index contributed by atoms with van der Waals surface area (Å²) in [6.07, 6.45) is 8.23. The van der Waals surface area contributed by atoms with Gasteiger partial charge in [0, 0.05) is 23.8 Å². The first-order valence-electron chi connectivity index (χ1n) is 8.21. The lowest BCUT2D eigenvalue weighted by molar-refractivity contribution is 0.410. The molecule has 0 aliphatic heterocycles. The Hall–Kier alpha value is -2.40. The molecule has 0 atom stereocenters. The smallest absolute Gasteiger partial charge is 0.126 e. The van der Waals surface area contributed by atoms with Crippen molar-refractivity contribution in [2.75, 3.05) is 5.32 Å². The molecule has 1 fully saturated rings. The highest BCUT2D eigenvalue weighted by atomic mass is 15.2. The number of anilines is 1. The number of nitrogens with one attached hydrogen (secondary N) is 1. The summed E-state index contributed by atoms with van der Waals surface area (Å²) in [5.41, 5.74) is 9.05. The maximum absolute atomic E-state index is 5.98. The summed E-state index contributed by atoms with van der Waals surface area (Å²) in [7, 11) is 0. The second-order valence-electron chi connectivity index (χ2n) is 6.25. The minimum atomic E-state index is 0.367. The van der Waals surface area contributed by atoms with Crippen LogP contribution in [0, 0.1) is 0 Å². The second kappa shape index (κ2) is 6.01. The molecular formula is C18H21N5. The third kappa shape index (κ3) is 2.92. The molecule has 5 nitrogen and oxygen atoms in total. The Morgan fingerprint density at radius 3 is 2.78 bits per heavy atom. The van der Waals surface area contributed by atoms with Crippen LogP contribution in [0.1, 0.15) is 25.7 Å². The van der Waals surface area contributed by atoms with Crippen LogP contribution in [0.3, 0.4) is 0 Å². The van der Waals surface area contributed by atoms with Gasteiger partial charge in [-0.25, -0.2) is 9.50 Å². The topological polar surface area (TPSA) is 68.2 Å². The van der Waals surface area contributed by atoms with Crippen LogP contribution in [0.25, 0.3) is 16.8 Å². The highest BCUT2D eigenvalue weighted by Gasteiger charge is 2.18. The molecule has 0 amide bonds. The van der Waals surface area contributed by atoms with Crippen molar-refractivity contribution in [2.45, 2.75) is 37.8 Å². The van der Waals surface area contributed by atoms with E-state index in [1.54, 1.807) is 0 Å². The minimum absolute atomic E-state index is 0.367. The fraction of sp³-hybridized carbons (Fsp3) is 0.333. The van der Waals surface area contributed by atoms with Gasteiger partial charge >= 0.3 is 0 Å². The van der Waals surface area contributed by atoms with Crippen LogP contribution in [-0.4, -0.2) is 26.7 Å². The molecule has 118 valence electrons. The van der Waals surface area contributed by atoms with Crippen LogP contribution in [0.2, 0.25) is 0 Å². The molecule has 0 spiro atoms. The largest absolute Gasteiger partial charge is 0.367 e. The van der Waals surface area contributed by atoms with Gasteiger partial charge in [0.15, 0.2) is 0 Å². The van der Waals surface area contributed by atoms with Gasteiger partial charge in [-0.2, -0.15) is 5.10 Å². The molecule has 3 heterocycles. The van der Waals surface area contributed by atoms with Gasteiger partial charge in [-0.3, -0.25) is 0 Å². The molecule has 1 aliphatic carbocycles. The number of nitrogens with two attached hydrogens (primary N) is 1. The molecule has 3 aromatic heterocycles. The summed E-state index contributed by atoms with van der Waals surface area (Å²) < 4.78 is 1.87. The molecule has 23 heavy (non-hydrogen) atoms. The van der Waals surface area contributed by atoms with Gasteiger partial charge in [0.2, 0.25) is 0 Å². The van der Waals surface area contributed by atoms with Crippen LogP contribution in [-0.2, 0) is 0 Å². The Morgan fingerprint density at radius 1 is 1.04 bits per heavy atom. The third-order valence-electron chi connectivity index (χ3n) is 4.58. The Labute approximate surface area is 135 Å². The third-order valence-corrected chi connectivity index (χ3v) is 4.58. The molecule has 0 aromatic carbocycles. The lowest BCUT2D eigenvalue weighted by Gasteiger charge is -2.27. The van der Waals surface area contributed by atoms with Crippen LogP contribution >= 0.6 is 0 Å². The highest BCUT2D eigenvalue weighted by Crippen LogP contribution is 2.25. The average molecular weight is 307 g/mol. The van der Waals surface area contributed by atoms with E-state index in [0.717, 1.165) is 48.3 Å². The number of pyridine rings is 2.